The second-order valence-electron chi connectivity index (χ2n) is 9.59. The molecule has 4 rings (SSSR count). The minimum atomic E-state index is -0.325. The van der Waals surface area contributed by atoms with Gasteiger partial charge in [-0.1, -0.05) is 39.3 Å². The molecule has 0 spiro atoms. The van der Waals surface area contributed by atoms with Crippen LogP contribution >= 0.6 is 0 Å². The number of ether oxygens (including phenoxy) is 3. The van der Waals surface area contributed by atoms with Crippen LogP contribution in [0.15, 0.2) is 24.3 Å². The van der Waals surface area contributed by atoms with Gasteiger partial charge in [0.2, 0.25) is 0 Å². The summed E-state index contributed by atoms with van der Waals surface area (Å²) in [4.78, 5) is 11.1. The number of rotatable bonds is 2. The number of hydrogen-bond donors (Lipinski definition) is 0. The molecule has 1 aromatic rings. The molecule has 0 aromatic heterocycles. The number of fused-ring (bicyclic) bond motifs is 3. The number of carbonyl (C=O) groups is 1. The average Bonchev–Trinajstić information content (AvgIpc) is 2.61. The molecule has 0 bridgehead atoms. The highest BCUT2D eigenvalue weighted by molar-refractivity contribution is 5.69. The van der Waals surface area contributed by atoms with Gasteiger partial charge in [0.1, 0.15) is 5.75 Å². The van der Waals surface area contributed by atoms with Gasteiger partial charge in [-0.2, -0.15) is 0 Å². The summed E-state index contributed by atoms with van der Waals surface area (Å²) in [5.74, 6) is 1.48. The zero-order valence-corrected chi connectivity index (χ0v) is 17.0. The third-order valence-corrected chi connectivity index (χ3v) is 7.45. The van der Waals surface area contributed by atoms with Gasteiger partial charge in [-0.05, 0) is 54.6 Å². The van der Waals surface area contributed by atoms with Crippen LogP contribution < -0.4 is 4.74 Å². The lowest BCUT2D eigenvalue weighted by Gasteiger charge is -2.60. The number of esters is 1. The van der Waals surface area contributed by atoms with Crippen molar-refractivity contribution >= 4 is 5.97 Å². The fourth-order valence-electron chi connectivity index (χ4n) is 6.17. The first-order valence-corrected chi connectivity index (χ1v) is 10.3. The molecule has 2 aliphatic carbocycles. The lowest BCUT2D eigenvalue weighted by Crippen LogP contribution is -2.56. The van der Waals surface area contributed by atoms with Gasteiger partial charge in [-0.15, -0.1) is 0 Å². The molecule has 1 aromatic carbocycles. The highest BCUT2D eigenvalue weighted by Crippen LogP contribution is 2.61. The molecule has 1 unspecified atom stereocenters. The Morgan fingerprint density at radius 3 is 2.56 bits per heavy atom. The van der Waals surface area contributed by atoms with Crippen LogP contribution in [0.2, 0.25) is 0 Å². The first kappa shape index (κ1) is 18.9. The van der Waals surface area contributed by atoms with E-state index in [1.54, 1.807) is 12.1 Å². The first-order chi connectivity index (χ1) is 12.8. The van der Waals surface area contributed by atoms with Crippen molar-refractivity contribution in [3.63, 3.8) is 0 Å². The van der Waals surface area contributed by atoms with E-state index in [-0.39, 0.29) is 18.4 Å². The standard InChI is InChI=1S/C23H32O4/c1-15(24)26-17-8-6-16(7-9-17)21-25-14-18-19(27-21)10-11-20-22(2,3)12-5-13-23(18,20)4/h6-9,18-21H,5,10-14H2,1-4H3/t18-,19+,20?,21-,23+/m1/s1. The van der Waals surface area contributed by atoms with Gasteiger partial charge < -0.3 is 14.2 Å². The van der Waals surface area contributed by atoms with Crippen molar-refractivity contribution in [3.05, 3.63) is 29.8 Å². The van der Waals surface area contributed by atoms with Gasteiger partial charge in [0.25, 0.3) is 0 Å². The van der Waals surface area contributed by atoms with Crippen LogP contribution in [0.5, 0.6) is 5.75 Å². The fourth-order valence-corrected chi connectivity index (χ4v) is 6.17. The maximum absolute atomic E-state index is 11.1. The minimum absolute atomic E-state index is 0.270. The van der Waals surface area contributed by atoms with Crippen molar-refractivity contribution in [2.45, 2.75) is 72.2 Å². The zero-order valence-electron chi connectivity index (χ0n) is 17.0. The third-order valence-electron chi connectivity index (χ3n) is 7.45. The van der Waals surface area contributed by atoms with Crippen LogP contribution in [0, 0.1) is 22.7 Å². The van der Waals surface area contributed by atoms with Gasteiger partial charge in [0, 0.05) is 18.4 Å². The van der Waals surface area contributed by atoms with E-state index < -0.39 is 0 Å². The highest BCUT2D eigenvalue weighted by Gasteiger charge is 2.56. The summed E-state index contributed by atoms with van der Waals surface area (Å²) in [6, 6.07) is 7.47. The van der Waals surface area contributed by atoms with Gasteiger partial charge in [0.05, 0.1) is 12.7 Å². The molecule has 3 aliphatic rings. The molecule has 148 valence electrons. The second kappa shape index (κ2) is 6.89. The van der Waals surface area contributed by atoms with Crippen molar-refractivity contribution in [2.75, 3.05) is 6.61 Å². The van der Waals surface area contributed by atoms with Crippen LogP contribution in [-0.2, 0) is 14.3 Å². The lowest BCUT2D eigenvalue weighted by atomic mass is 9.48. The Kier molecular flexibility index (Phi) is 4.84. The van der Waals surface area contributed by atoms with E-state index in [1.807, 2.05) is 12.1 Å². The van der Waals surface area contributed by atoms with Crippen LogP contribution in [0.25, 0.3) is 0 Å². The summed E-state index contributed by atoms with van der Waals surface area (Å²) in [6.07, 6.45) is 6.26. The van der Waals surface area contributed by atoms with Crippen LogP contribution in [0.3, 0.4) is 0 Å². The first-order valence-electron chi connectivity index (χ1n) is 10.3. The average molecular weight is 373 g/mol. The van der Waals surface area contributed by atoms with E-state index >= 15 is 0 Å². The topological polar surface area (TPSA) is 44.8 Å². The Morgan fingerprint density at radius 2 is 1.85 bits per heavy atom. The van der Waals surface area contributed by atoms with Crippen molar-refractivity contribution in [1.29, 1.82) is 0 Å². The Labute approximate surface area is 162 Å². The SMILES string of the molecule is CC(=O)Oc1ccc([C@@H]2OC[C@@H]3[C@H](CCC4C(C)(C)CCC[C@]43C)O2)cc1. The molecule has 1 heterocycles. The second-order valence-corrected chi connectivity index (χ2v) is 9.59. The van der Waals surface area contributed by atoms with Crippen LogP contribution in [0.1, 0.15) is 71.7 Å². The summed E-state index contributed by atoms with van der Waals surface area (Å²) in [7, 11) is 0. The predicted octanol–water partition coefficient (Wildman–Crippen LogP) is 5.27. The molecule has 27 heavy (non-hydrogen) atoms. The van der Waals surface area contributed by atoms with Gasteiger partial charge in [-0.3, -0.25) is 4.79 Å². The van der Waals surface area contributed by atoms with E-state index in [1.165, 1.54) is 32.6 Å². The number of benzene rings is 1. The Morgan fingerprint density at radius 1 is 1.11 bits per heavy atom. The van der Waals surface area contributed by atoms with Gasteiger partial charge in [0.15, 0.2) is 6.29 Å². The molecule has 0 radical (unpaired) electrons. The molecule has 1 saturated heterocycles. The third kappa shape index (κ3) is 3.42. The quantitative estimate of drug-likeness (QED) is 0.524. The summed E-state index contributed by atoms with van der Waals surface area (Å²) in [5, 5.41) is 0. The normalized spacial score (nSPS) is 37.8. The number of hydrogen-bond acceptors (Lipinski definition) is 4. The highest BCUT2D eigenvalue weighted by atomic mass is 16.7. The Bertz CT molecular complexity index is 695. The van der Waals surface area contributed by atoms with Gasteiger partial charge >= 0.3 is 5.97 Å². The molecule has 0 N–H and O–H groups in total. The molecular formula is C23H32O4. The molecule has 4 heteroatoms. The minimum Gasteiger partial charge on any atom is -0.427 e. The molecule has 2 saturated carbocycles. The Hall–Kier alpha value is -1.39. The smallest absolute Gasteiger partial charge is 0.308 e. The fraction of sp³-hybridized carbons (Fsp3) is 0.696. The van der Waals surface area contributed by atoms with Crippen LogP contribution in [-0.4, -0.2) is 18.7 Å². The lowest BCUT2D eigenvalue weighted by molar-refractivity contribution is -0.285. The summed E-state index contributed by atoms with van der Waals surface area (Å²) >= 11 is 0. The summed E-state index contributed by atoms with van der Waals surface area (Å²) in [6.45, 7) is 9.56. The van der Waals surface area contributed by atoms with E-state index in [9.17, 15) is 4.79 Å². The molecule has 0 amide bonds. The van der Waals surface area contributed by atoms with Crippen molar-refractivity contribution < 1.29 is 19.0 Å². The van der Waals surface area contributed by atoms with E-state index in [4.69, 9.17) is 14.2 Å². The maximum Gasteiger partial charge on any atom is 0.308 e. The van der Waals surface area contributed by atoms with Crippen LogP contribution in [0.4, 0.5) is 0 Å². The summed E-state index contributed by atoms with van der Waals surface area (Å²) < 4.78 is 17.8. The van der Waals surface area contributed by atoms with Gasteiger partial charge in [-0.25, -0.2) is 0 Å². The number of carbonyl (C=O) groups excluding carboxylic acids is 1. The predicted molar refractivity (Wildman–Crippen MR) is 103 cm³/mol. The van der Waals surface area contributed by atoms with E-state index in [2.05, 4.69) is 20.8 Å². The monoisotopic (exact) mass is 372 g/mol. The van der Waals surface area contributed by atoms with Crippen molar-refractivity contribution in [1.82, 2.24) is 0 Å². The zero-order chi connectivity index (χ0) is 19.2. The molecule has 3 fully saturated rings. The van der Waals surface area contributed by atoms with E-state index in [0.717, 1.165) is 24.5 Å². The largest absolute Gasteiger partial charge is 0.427 e. The molecule has 5 atom stereocenters. The maximum atomic E-state index is 11.1. The van der Waals surface area contributed by atoms with Crippen molar-refractivity contribution in [3.8, 4) is 5.75 Å². The Balaban J connectivity index is 1.48. The molecular weight excluding hydrogens is 340 g/mol. The molecule has 4 nitrogen and oxygen atoms in total. The summed E-state index contributed by atoms with van der Waals surface area (Å²) in [5.41, 5.74) is 1.72. The molecule has 1 aliphatic heterocycles. The van der Waals surface area contributed by atoms with Crippen molar-refractivity contribution in [2.24, 2.45) is 22.7 Å². The van der Waals surface area contributed by atoms with E-state index in [0.29, 0.717) is 22.5 Å².